The first kappa shape index (κ1) is 19.8. The van der Waals surface area contributed by atoms with Crippen molar-refractivity contribution in [3.63, 3.8) is 0 Å². The fourth-order valence-corrected chi connectivity index (χ4v) is 1.68. The van der Waals surface area contributed by atoms with Crippen LogP contribution in [0.2, 0.25) is 0 Å². The Balaban J connectivity index is 2.29. The highest BCUT2D eigenvalue weighted by atomic mass is 35.5. The molecular weight excluding hydrogens is 336 g/mol. The number of alkyl halides is 1. The third kappa shape index (κ3) is 8.38. The van der Waals surface area contributed by atoms with E-state index >= 15 is 0 Å². The molecule has 8 heteroatoms. The second-order valence-corrected chi connectivity index (χ2v) is 6.31. The summed E-state index contributed by atoms with van der Waals surface area (Å²) in [6.07, 6.45) is -0.829. The minimum Gasteiger partial charge on any atom is -0.460 e. The van der Waals surface area contributed by atoms with E-state index in [-0.39, 0.29) is 13.2 Å². The molecule has 1 rings (SSSR count). The molecule has 1 aromatic carbocycles. The molecule has 0 spiro atoms. The average Bonchev–Trinajstić information content (AvgIpc) is 2.49. The SMILES string of the molecule is CC(C)(C)OC(=O)N[C@@H](Cl)C(=O)NCC(=O)OCc1ccccc1. The van der Waals surface area contributed by atoms with Gasteiger partial charge in [-0.25, -0.2) is 4.79 Å². The lowest BCUT2D eigenvalue weighted by atomic mass is 10.2. The van der Waals surface area contributed by atoms with Gasteiger partial charge in [-0.2, -0.15) is 0 Å². The molecule has 7 nitrogen and oxygen atoms in total. The molecule has 1 aromatic rings. The largest absolute Gasteiger partial charge is 0.460 e. The maximum absolute atomic E-state index is 11.7. The van der Waals surface area contributed by atoms with Crippen LogP contribution in [0.1, 0.15) is 26.3 Å². The van der Waals surface area contributed by atoms with Crippen LogP contribution in [0, 0.1) is 0 Å². The topological polar surface area (TPSA) is 93.7 Å². The van der Waals surface area contributed by atoms with Gasteiger partial charge in [-0.15, -0.1) is 0 Å². The van der Waals surface area contributed by atoms with Gasteiger partial charge in [0.15, 0.2) is 5.50 Å². The molecule has 0 unspecified atom stereocenters. The molecule has 0 aliphatic heterocycles. The molecule has 0 bridgehead atoms. The number of rotatable bonds is 6. The fraction of sp³-hybridized carbons (Fsp3) is 0.438. The van der Waals surface area contributed by atoms with E-state index in [0.717, 1.165) is 5.56 Å². The van der Waals surface area contributed by atoms with E-state index in [9.17, 15) is 14.4 Å². The smallest absolute Gasteiger partial charge is 0.409 e. The Bertz CT molecular complexity index is 572. The third-order valence-corrected chi connectivity index (χ3v) is 2.83. The van der Waals surface area contributed by atoms with Crippen molar-refractivity contribution in [2.45, 2.75) is 38.5 Å². The number of carbonyl (C=O) groups is 3. The van der Waals surface area contributed by atoms with E-state index in [0.29, 0.717) is 0 Å². The third-order valence-electron chi connectivity index (χ3n) is 2.52. The standard InChI is InChI=1S/C16H21ClN2O5/c1-16(2,3)24-15(22)19-13(17)14(21)18-9-12(20)23-10-11-7-5-4-6-8-11/h4-8,13H,9-10H2,1-3H3,(H,18,21)(H,19,22)/t13-/m1/s1. The van der Waals surface area contributed by atoms with Gasteiger partial charge in [0, 0.05) is 0 Å². The van der Waals surface area contributed by atoms with Crippen molar-refractivity contribution in [1.82, 2.24) is 10.6 Å². The van der Waals surface area contributed by atoms with Crippen LogP contribution in [0.3, 0.4) is 0 Å². The Hall–Kier alpha value is -2.28. The van der Waals surface area contributed by atoms with Crippen LogP contribution in [0.5, 0.6) is 0 Å². The predicted molar refractivity (Wildman–Crippen MR) is 88.3 cm³/mol. The number of alkyl carbamates (subject to hydrolysis) is 1. The predicted octanol–water partition coefficient (Wildman–Crippen LogP) is 1.94. The summed E-state index contributed by atoms with van der Waals surface area (Å²) >= 11 is 5.74. The average molecular weight is 357 g/mol. The van der Waals surface area contributed by atoms with E-state index in [1.54, 1.807) is 20.8 Å². The minimum atomic E-state index is -1.36. The Morgan fingerprint density at radius 2 is 1.79 bits per heavy atom. The molecule has 132 valence electrons. The molecule has 0 aliphatic carbocycles. The van der Waals surface area contributed by atoms with Gasteiger partial charge in [0.2, 0.25) is 0 Å². The lowest BCUT2D eigenvalue weighted by Crippen LogP contribution is -2.46. The molecule has 2 amide bonds. The zero-order chi connectivity index (χ0) is 18.2. The maximum Gasteiger partial charge on any atom is 0.409 e. The van der Waals surface area contributed by atoms with Gasteiger partial charge in [0.1, 0.15) is 18.8 Å². The van der Waals surface area contributed by atoms with E-state index in [1.807, 2.05) is 30.3 Å². The van der Waals surface area contributed by atoms with Crippen molar-refractivity contribution in [2.75, 3.05) is 6.54 Å². The molecule has 2 N–H and O–H groups in total. The molecule has 0 heterocycles. The molecule has 0 aliphatic rings. The summed E-state index contributed by atoms with van der Waals surface area (Å²) in [5, 5.41) is 4.43. The molecule has 0 fully saturated rings. The number of ether oxygens (including phenoxy) is 2. The number of halogens is 1. The summed E-state index contributed by atoms with van der Waals surface area (Å²) in [5.41, 5.74) is -1.24. The molecule has 24 heavy (non-hydrogen) atoms. The molecule has 0 radical (unpaired) electrons. The number of amides is 2. The van der Waals surface area contributed by atoms with Gasteiger partial charge in [0.05, 0.1) is 0 Å². The lowest BCUT2D eigenvalue weighted by Gasteiger charge is -2.20. The second-order valence-electron chi connectivity index (χ2n) is 5.87. The van der Waals surface area contributed by atoms with Crippen LogP contribution in [0.15, 0.2) is 30.3 Å². The monoisotopic (exact) mass is 356 g/mol. The molecule has 1 atom stereocenters. The number of esters is 1. The van der Waals surface area contributed by atoms with Gasteiger partial charge in [0.25, 0.3) is 5.91 Å². The summed E-state index contributed by atoms with van der Waals surface area (Å²) in [7, 11) is 0. The van der Waals surface area contributed by atoms with Gasteiger partial charge in [-0.3, -0.25) is 14.9 Å². The van der Waals surface area contributed by atoms with Gasteiger partial charge in [-0.1, -0.05) is 41.9 Å². The summed E-state index contributed by atoms with van der Waals surface area (Å²) in [6, 6.07) is 9.12. The number of hydrogen-bond acceptors (Lipinski definition) is 5. The zero-order valence-electron chi connectivity index (χ0n) is 13.8. The molecule has 0 aromatic heterocycles. The molecule has 0 saturated heterocycles. The van der Waals surface area contributed by atoms with Crippen LogP contribution in [-0.2, 0) is 25.7 Å². The maximum atomic E-state index is 11.7. The van der Waals surface area contributed by atoms with Gasteiger partial charge >= 0.3 is 12.1 Å². The number of carbonyl (C=O) groups excluding carboxylic acids is 3. The normalized spacial score (nSPS) is 12.0. The first-order valence-corrected chi connectivity index (χ1v) is 7.72. The number of benzene rings is 1. The van der Waals surface area contributed by atoms with Crippen molar-refractivity contribution in [1.29, 1.82) is 0 Å². The van der Waals surface area contributed by atoms with E-state index in [2.05, 4.69) is 10.6 Å². The summed E-state index contributed by atoms with van der Waals surface area (Å²) in [5.74, 6) is -1.35. The first-order valence-electron chi connectivity index (χ1n) is 7.28. The van der Waals surface area contributed by atoms with Crippen molar-refractivity contribution in [2.24, 2.45) is 0 Å². The highest BCUT2D eigenvalue weighted by Crippen LogP contribution is 2.07. The van der Waals surface area contributed by atoms with E-state index in [1.165, 1.54) is 0 Å². The van der Waals surface area contributed by atoms with Crippen LogP contribution >= 0.6 is 11.6 Å². The Kier molecular flexibility index (Phi) is 7.51. The minimum absolute atomic E-state index is 0.107. The van der Waals surface area contributed by atoms with Crippen molar-refractivity contribution in [3.05, 3.63) is 35.9 Å². The quantitative estimate of drug-likeness (QED) is 0.461. The van der Waals surface area contributed by atoms with Crippen LogP contribution in [0.25, 0.3) is 0 Å². The van der Waals surface area contributed by atoms with Crippen LogP contribution in [0.4, 0.5) is 4.79 Å². The van der Waals surface area contributed by atoms with Crippen molar-refractivity contribution in [3.8, 4) is 0 Å². The second kappa shape index (κ2) is 9.12. The Labute approximate surface area is 145 Å². The number of nitrogens with one attached hydrogen (secondary N) is 2. The van der Waals surface area contributed by atoms with E-state index < -0.39 is 29.1 Å². The van der Waals surface area contributed by atoms with Crippen LogP contribution in [-0.4, -0.2) is 35.6 Å². The van der Waals surface area contributed by atoms with Gasteiger partial charge in [-0.05, 0) is 26.3 Å². The van der Waals surface area contributed by atoms with Crippen molar-refractivity contribution >= 4 is 29.6 Å². The van der Waals surface area contributed by atoms with Gasteiger partial charge < -0.3 is 14.8 Å². The molecule has 0 saturated carbocycles. The van der Waals surface area contributed by atoms with E-state index in [4.69, 9.17) is 21.1 Å². The number of hydrogen-bond donors (Lipinski definition) is 2. The highest BCUT2D eigenvalue weighted by molar-refractivity contribution is 6.31. The highest BCUT2D eigenvalue weighted by Gasteiger charge is 2.22. The van der Waals surface area contributed by atoms with Crippen LogP contribution < -0.4 is 10.6 Å². The summed E-state index contributed by atoms with van der Waals surface area (Å²) in [4.78, 5) is 34.7. The van der Waals surface area contributed by atoms with Crippen molar-refractivity contribution < 1.29 is 23.9 Å². The first-order chi connectivity index (χ1) is 11.2. The summed E-state index contributed by atoms with van der Waals surface area (Å²) in [6.45, 7) is 4.79. The lowest BCUT2D eigenvalue weighted by molar-refractivity contribution is -0.145. The summed E-state index contributed by atoms with van der Waals surface area (Å²) < 4.78 is 9.96. The zero-order valence-corrected chi connectivity index (χ0v) is 14.6. The Morgan fingerprint density at radius 3 is 2.38 bits per heavy atom. The molecular formula is C16H21ClN2O5. The Morgan fingerprint density at radius 1 is 1.17 bits per heavy atom. The fourth-order valence-electron chi connectivity index (χ4n) is 1.51.